The molecule has 0 fully saturated rings. The van der Waals surface area contributed by atoms with Gasteiger partial charge >= 0.3 is 0 Å². The minimum absolute atomic E-state index is 0.770. The Morgan fingerprint density at radius 3 is 2.62 bits per heavy atom. The van der Waals surface area contributed by atoms with Gasteiger partial charge in [0.05, 0.1) is 12.7 Å². The van der Waals surface area contributed by atoms with Gasteiger partial charge in [-0.05, 0) is 20.3 Å². The zero-order valence-electron chi connectivity index (χ0n) is 5.61. The Morgan fingerprint density at radius 1 is 1.62 bits per heavy atom. The topological polar surface area (TPSA) is 9.23 Å². The van der Waals surface area contributed by atoms with Crippen LogP contribution in [0.2, 0.25) is 0 Å². The van der Waals surface area contributed by atoms with Crippen molar-refractivity contribution in [3.63, 3.8) is 0 Å². The van der Waals surface area contributed by atoms with Gasteiger partial charge in [0.15, 0.2) is 0 Å². The highest BCUT2D eigenvalue weighted by Gasteiger charge is 1.89. The third kappa shape index (κ3) is 5.70. The lowest BCUT2D eigenvalue weighted by Gasteiger charge is -2.02. The van der Waals surface area contributed by atoms with E-state index in [1.165, 1.54) is 0 Å². The van der Waals surface area contributed by atoms with Crippen molar-refractivity contribution in [2.45, 2.75) is 20.3 Å². The molecule has 0 unspecified atom stereocenters. The molecule has 0 aliphatic heterocycles. The number of rotatable bonds is 4. The molecule has 0 N–H and O–H groups in total. The summed E-state index contributed by atoms with van der Waals surface area (Å²) in [6, 6.07) is 0. The molecule has 1 heteroatoms. The Balaban J connectivity index is 2.81. The predicted molar refractivity (Wildman–Crippen MR) is 35.4 cm³/mol. The van der Waals surface area contributed by atoms with E-state index in [-0.39, 0.29) is 0 Å². The smallest absolute Gasteiger partial charge is 0.0909 e. The number of hydrogen-bond donors (Lipinski definition) is 0. The van der Waals surface area contributed by atoms with Crippen molar-refractivity contribution >= 4 is 0 Å². The summed E-state index contributed by atoms with van der Waals surface area (Å²) in [5.74, 6) is 0. The van der Waals surface area contributed by atoms with Crippen LogP contribution in [0, 0.1) is 6.10 Å². The van der Waals surface area contributed by atoms with Gasteiger partial charge in [0.1, 0.15) is 0 Å². The van der Waals surface area contributed by atoms with Gasteiger partial charge in [-0.2, -0.15) is 0 Å². The molecule has 0 atom stereocenters. The number of hydrogen-bond acceptors (Lipinski definition) is 1. The Morgan fingerprint density at radius 2 is 2.25 bits per heavy atom. The highest BCUT2D eigenvalue weighted by atomic mass is 16.5. The summed E-state index contributed by atoms with van der Waals surface area (Å²) >= 11 is 0. The van der Waals surface area contributed by atoms with Crippen LogP contribution in [-0.2, 0) is 4.74 Å². The molecule has 0 rings (SSSR count). The van der Waals surface area contributed by atoms with Gasteiger partial charge in [0, 0.05) is 0 Å². The van der Waals surface area contributed by atoms with Gasteiger partial charge < -0.3 is 4.74 Å². The highest BCUT2D eigenvalue weighted by Crippen LogP contribution is 1.97. The second kappa shape index (κ2) is 4.85. The lowest BCUT2D eigenvalue weighted by Crippen LogP contribution is -1.94. The van der Waals surface area contributed by atoms with Gasteiger partial charge in [-0.1, -0.05) is 6.08 Å². The SMILES string of the molecule is C=CCCO[C](C)C. The fraction of sp³-hybridized carbons (Fsp3) is 0.571. The number of ether oxygens (including phenoxy) is 1. The molecule has 0 heterocycles. The summed E-state index contributed by atoms with van der Waals surface area (Å²) in [5.41, 5.74) is 0. The van der Waals surface area contributed by atoms with Crippen molar-refractivity contribution in [2.75, 3.05) is 6.61 Å². The van der Waals surface area contributed by atoms with Gasteiger partial charge in [-0.25, -0.2) is 0 Å². The van der Waals surface area contributed by atoms with Crippen LogP contribution in [0.5, 0.6) is 0 Å². The van der Waals surface area contributed by atoms with Gasteiger partial charge in [-0.15, -0.1) is 6.58 Å². The normalized spacial score (nSPS) is 9.88. The van der Waals surface area contributed by atoms with Crippen molar-refractivity contribution in [2.24, 2.45) is 0 Å². The fourth-order valence-corrected chi connectivity index (χ4v) is 0.346. The molecule has 1 radical (unpaired) electrons. The maximum Gasteiger partial charge on any atom is 0.0909 e. The molecule has 0 bridgehead atoms. The van der Waals surface area contributed by atoms with E-state index in [9.17, 15) is 0 Å². The monoisotopic (exact) mass is 113 g/mol. The molecule has 1 nitrogen and oxygen atoms in total. The van der Waals surface area contributed by atoms with E-state index in [1.54, 1.807) is 0 Å². The third-order valence-electron chi connectivity index (χ3n) is 0.713. The van der Waals surface area contributed by atoms with E-state index >= 15 is 0 Å². The molecule has 0 aliphatic rings. The van der Waals surface area contributed by atoms with Gasteiger partial charge in [0.25, 0.3) is 0 Å². The van der Waals surface area contributed by atoms with Crippen LogP contribution in [0.25, 0.3) is 0 Å². The molecule has 0 saturated heterocycles. The zero-order chi connectivity index (χ0) is 6.41. The molecule has 0 amide bonds. The first-order chi connectivity index (χ1) is 3.77. The summed E-state index contributed by atoms with van der Waals surface area (Å²) in [4.78, 5) is 0. The molecule has 0 aromatic rings. The molecule has 0 aromatic heterocycles. The van der Waals surface area contributed by atoms with Crippen molar-refractivity contribution < 1.29 is 4.74 Å². The van der Waals surface area contributed by atoms with Crippen LogP contribution in [-0.4, -0.2) is 6.61 Å². The Bertz CT molecular complexity index is 57.4. The predicted octanol–water partition coefficient (Wildman–Crippen LogP) is 2.15. The maximum absolute atomic E-state index is 5.13. The van der Waals surface area contributed by atoms with Crippen LogP contribution in [0.3, 0.4) is 0 Å². The second-order valence-corrected chi connectivity index (χ2v) is 1.83. The van der Waals surface area contributed by atoms with Crippen LogP contribution < -0.4 is 0 Å². The fourth-order valence-electron chi connectivity index (χ4n) is 0.346. The molecule has 0 saturated carbocycles. The van der Waals surface area contributed by atoms with Crippen molar-refractivity contribution in [3.8, 4) is 0 Å². The highest BCUT2D eigenvalue weighted by molar-refractivity contribution is 4.67. The summed E-state index contributed by atoms with van der Waals surface area (Å²) in [7, 11) is 0. The molecule has 0 spiro atoms. The quantitative estimate of drug-likeness (QED) is 0.401. The molecular formula is C7H13O. The summed E-state index contributed by atoms with van der Waals surface area (Å²) < 4.78 is 5.13. The Kier molecular flexibility index (Phi) is 4.67. The summed E-state index contributed by atoms with van der Waals surface area (Å²) in [6.45, 7) is 8.23. The molecule has 47 valence electrons. The van der Waals surface area contributed by atoms with Gasteiger partial charge in [0.2, 0.25) is 0 Å². The van der Waals surface area contributed by atoms with E-state index < -0.39 is 0 Å². The Hall–Kier alpha value is -0.300. The van der Waals surface area contributed by atoms with E-state index in [2.05, 4.69) is 6.58 Å². The molecule has 0 aliphatic carbocycles. The first kappa shape index (κ1) is 7.70. The second-order valence-electron chi connectivity index (χ2n) is 1.83. The molecule has 8 heavy (non-hydrogen) atoms. The van der Waals surface area contributed by atoms with Crippen molar-refractivity contribution in [3.05, 3.63) is 18.8 Å². The minimum Gasteiger partial charge on any atom is -0.372 e. The Labute approximate surface area is 51.4 Å². The third-order valence-corrected chi connectivity index (χ3v) is 0.713. The average Bonchev–Trinajstić information content (AvgIpc) is 1.66. The molecular weight excluding hydrogens is 100 g/mol. The van der Waals surface area contributed by atoms with Crippen LogP contribution >= 0.6 is 0 Å². The van der Waals surface area contributed by atoms with Crippen LogP contribution in [0.4, 0.5) is 0 Å². The van der Waals surface area contributed by atoms with Crippen LogP contribution in [0.1, 0.15) is 20.3 Å². The first-order valence-electron chi connectivity index (χ1n) is 2.81. The van der Waals surface area contributed by atoms with E-state index in [0.29, 0.717) is 0 Å². The lowest BCUT2D eigenvalue weighted by atomic mass is 10.4. The summed E-state index contributed by atoms with van der Waals surface area (Å²) in [5, 5.41) is 0. The lowest BCUT2D eigenvalue weighted by molar-refractivity contribution is 0.161. The first-order valence-corrected chi connectivity index (χ1v) is 2.81. The maximum atomic E-state index is 5.13. The largest absolute Gasteiger partial charge is 0.372 e. The molecule has 0 aromatic carbocycles. The average molecular weight is 113 g/mol. The van der Waals surface area contributed by atoms with Gasteiger partial charge in [-0.3, -0.25) is 0 Å². The van der Waals surface area contributed by atoms with Crippen molar-refractivity contribution in [1.29, 1.82) is 0 Å². The van der Waals surface area contributed by atoms with Crippen molar-refractivity contribution in [1.82, 2.24) is 0 Å². The zero-order valence-corrected chi connectivity index (χ0v) is 5.61. The van der Waals surface area contributed by atoms with Crippen LogP contribution in [0.15, 0.2) is 12.7 Å². The van der Waals surface area contributed by atoms with E-state index in [0.717, 1.165) is 19.1 Å². The van der Waals surface area contributed by atoms with E-state index in [4.69, 9.17) is 4.74 Å². The summed E-state index contributed by atoms with van der Waals surface area (Å²) in [6.07, 6.45) is 3.81. The standard InChI is InChI=1S/C7H13O/c1-4-5-6-8-7(2)3/h4H,1,5-6H2,2-3H3. The minimum atomic E-state index is 0.770. The van der Waals surface area contributed by atoms with E-state index in [1.807, 2.05) is 19.9 Å².